The SMILES string of the molecule is CC(C)C(=O)CNS(=O)(=O)c1cccc2ccccc12. The number of sulfonamides is 1. The van der Waals surface area contributed by atoms with Crippen molar-refractivity contribution in [1.82, 2.24) is 4.72 Å². The minimum atomic E-state index is -3.69. The van der Waals surface area contributed by atoms with Crippen LogP contribution in [-0.4, -0.2) is 20.7 Å². The van der Waals surface area contributed by atoms with Crippen molar-refractivity contribution in [3.05, 3.63) is 42.5 Å². The molecule has 2 aromatic rings. The Bertz CT molecular complexity index is 730. The first kappa shape index (κ1) is 14.7. The van der Waals surface area contributed by atoms with Crippen molar-refractivity contribution in [1.29, 1.82) is 0 Å². The molecule has 0 spiro atoms. The molecule has 2 rings (SSSR count). The predicted octanol–water partition coefficient (Wildman–Crippen LogP) is 2.34. The maximum atomic E-state index is 12.3. The van der Waals surface area contributed by atoms with Crippen LogP contribution in [0.15, 0.2) is 47.4 Å². The fraction of sp³-hybridized carbons (Fsp3) is 0.267. The normalized spacial score (nSPS) is 11.9. The molecule has 0 aliphatic heterocycles. The number of carbonyl (C=O) groups excluding carboxylic acids is 1. The summed E-state index contributed by atoms with van der Waals surface area (Å²) in [5, 5.41) is 1.50. The maximum absolute atomic E-state index is 12.3. The van der Waals surface area contributed by atoms with Gasteiger partial charge >= 0.3 is 0 Å². The summed E-state index contributed by atoms with van der Waals surface area (Å²) >= 11 is 0. The molecule has 0 aromatic heterocycles. The van der Waals surface area contributed by atoms with Gasteiger partial charge in [-0.3, -0.25) is 4.79 Å². The number of nitrogens with one attached hydrogen (secondary N) is 1. The van der Waals surface area contributed by atoms with Gasteiger partial charge in [0.25, 0.3) is 0 Å². The number of fused-ring (bicyclic) bond motifs is 1. The van der Waals surface area contributed by atoms with Crippen LogP contribution in [0, 0.1) is 5.92 Å². The molecule has 2 aromatic carbocycles. The van der Waals surface area contributed by atoms with Gasteiger partial charge in [0, 0.05) is 11.3 Å². The van der Waals surface area contributed by atoms with E-state index >= 15 is 0 Å². The Morgan fingerprint density at radius 3 is 2.45 bits per heavy atom. The lowest BCUT2D eigenvalue weighted by atomic mass is 10.1. The Hall–Kier alpha value is -1.72. The van der Waals surface area contributed by atoms with Crippen LogP contribution < -0.4 is 4.72 Å². The molecule has 106 valence electrons. The fourth-order valence-electron chi connectivity index (χ4n) is 1.88. The first-order chi connectivity index (χ1) is 9.42. The van der Waals surface area contributed by atoms with Crippen molar-refractivity contribution >= 4 is 26.6 Å². The average Bonchev–Trinajstić information content (AvgIpc) is 2.44. The molecule has 20 heavy (non-hydrogen) atoms. The molecule has 0 atom stereocenters. The van der Waals surface area contributed by atoms with E-state index in [2.05, 4.69) is 4.72 Å². The highest BCUT2D eigenvalue weighted by atomic mass is 32.2. The van der Waals surface area contributed by atoms with E-state index in [4.69, 9.17) is 0 Å². The second-order valence-electron chi connectivity index (χ2n) is 4.92. The molecular weight excluding hydrogens is 274 g/mol. The van der Waals surface area contributed by atoms with Gasteiger partial charge in [0.15, 0.2) is 0 Å². The third-order valence-corrected chi connectivity index (χ3v) is 4.58. The molecule has 0 saturated heterocycles. The number of hydrogen-bond acceptors (Lipinski definition) is 3. The molecule has 0 amide bonds. The molecule has 0 fully saturated rings. The van der Waals surface area contributed by atoms with E-state index in [1.165, 1.54) is 0 Å². The minimum absolute atomic E-state index is 0.131. The highest BCUT2D eigenvalue weighted by molar-refractivity contribution is 7.89. The monoisotopic (exact) mass is 291 g/mol. The standard InChI is InChI=1S/C15H17NO3S/c1-11(2)14(17)10-16-20(18,19)15-9-5-7-12-6-3-4-8-13(12)15/h3-9,11,16H,10H2,1-2H3. The molecule has 0 radical (unpaired) electrons. The smallest absolute Gasteiger partial charge is 0.241 e. The Labute approximate surface area is 118 Å². The molecule has 0 unspecified atom stereocenters. The summed E-state index contributed by atoms with van der Waals surface area (Å²) in [6.07, 6.45) is 0. The van der Waals surface area contributed by atoms with Crippen LogP contribution in [0.3, 0.4) is 0 Å². The predicted molar refractivity (Wildman–Crippen MR) is 79.0 cm³/mol. The van der Waals surface area contributed by atoms with E-state index < -0.39 is 10.0 Å². The summed E-state index contributed by atoms with van der Waals surface area (Å²) in [4.78, 5) is 11.8. The van der Waals surface area contributed by atoms with Crippen molar-refractivity contribution in [2.75, 3.05) is 6.54 Å². The molecular formula is C15H17NO3S. The second kappa shape index (κ2) is 5.73. The summed E-state index contributed by atoms with van der Waals surface area (Å²) in [5.74, 6) is -0.320. The van der Waals surface area contributed by atoms with Crippen molar-refractivity contribution in [3.8, 4) is 0 Å². The first-order valence-corrected chi connectivity index (χ1v) is 7.90. The summed E-state index contributed by atoms with van der Waals surface area (Å²) < 4.78 is 27.0. The summed E-state index contributed by atoms with van der Waals surface area (Å²) in [5.41, 5.74) is 0. The van der Waals surface area contributed by atoms with Crippen LogP contribution in [0.2, 0.25) is 0 Å². The van der Waals surface area contributed by atoms with Gasteiger partial charge in [-0.1, -0.05) is 50.2 Å². The first-order valence-electron chi connectivity index (χ1n) is 6.42. The fourth-order valence-corrected chi connectivity index (χ4v) is 3.10. The summed E-state index contributed by atoms with van der Waals surface area (Å²) in [7, 11) is -3.69. The summed E-state index contributed by atoms with van der Waals surface area (Å²) in [6.45, 7) is 3.31. The van der Waals surface area contributed by atoms with Gasteiger partial charge in [0.05, 0.1) is 11.4 Å². The van der Waals surface area contributed by atoms with Crippen molar-refractivity contribution < 1.29 is 13.2 Å². The number of ketones is 1. The number of hydrogen-bond donors (Lipinski definition) is 1. The second-order valence-corrected chi connectivity index (χ2v) is 6.66. The Morgan fingerprint density at radius 1 is 1.10 bits per heavy atom. The van der Waals surface area contributed by atoms with E-state index in [1.807, 2.05) is 18.2 Å². The number of benzene rings is 2. The maximum Gasteiger partial charge on any atom is 0.241 e. The Morgan fingerprint density at radius 2 is 1.75 bits per heavy atom. The van der Waals surface area contributed by atoms with Crippen LogP contribution in [0.4, 0.5) is 0 Å². The van der Waals surface area contributed by atoms with Crippen LogP contribution in [0.25, 0.3) is 10.8 Å². The molecule has 5 heteroatoms. The number of Topliss-reactive ketones (excluding diaryl/α,β-unsaturated/α-hetero) is 1. The van der Waals surface area contributed by atoms with Crippen molar-refractivity contribution in [2.45, 2.75) is 18.7 Å². The molecule has 1 N–H and O–H groups in total. The zero-order valence-corrected chi connectivity index (χ0v) is 12.3. The van der Waals surface area contributed by atoms with E-state index in [0.717, 1.165) is 5.39 Å². The largest absolute Gasteiger partial charge is 0.298 e. The molecule has 0 heterocycles. The van der Waals surface area contributed by atoms with Crippen LogP contribution in [0.5, 0.6) is 0 Å². The van der Waals surface area contributed by atoms with E-state index in [-0.39, 0.29) is 23.1 Å². The zero-order chi connectivity index (χ0) is 14.8. The molecule has 4 nitrogen and oxygen atoms in total. The minimum Gasteiger partial charge on any atom is -0.298 e. The summed E-state index contributed by atoms with van der Waals surface area (Å²) in [6, 6.07) is 12.4. The zero-order valence-electron chi connectivity index (χ0n) is 11.5. The molecule has 0 bridgehead atoms. The highest BCUT2D eigenvalue weighted by Crippen LogP contribution is 2.22. The van der Waals surface area contributed by atoms with E-state index in [9.17, 15) is 13.2 Å². The van der Waals surface area contributed by atoms with Gasteiger partial charge in [-0.25, -0.2) is 13.1 Å². The quantitative estimate of drug-likeness (QED) is 0.919. The van der Waals surface area contributed by atoms with Gasteiger partial charge in [0.1, 0.15) is 5.78 Å². The molecule has 0 aliphatic carbocycles. The van der Waals surface area contributed by atoms with E-state index in [1.54, 1.807) is 38.1 Å². The van der Waals surface area contributed by atoms with E-state index in [0.29, 0.717) is 5.39 Å². The molecule has 0 aliphatic rings. The van der Waals surface area contributed by atoms with Crippen LogP contribution in [0.1, 0.15) is 13.8 Å². The van der Waals surface area contributed by atoms with Gasteiger partial charge in [-0.05, 0) is 11.5 Å². The van der Waals surface area contributed by atoms with Gasteiger partial charge in [-0.15, -0.1) is 0 Å². The topological polar surface area (TPSA) is 63.2 Å². The number of rotatable bonds is 5. The highest BCUT2D eigenvalue weighted by Gasteiger charge is 2.18. The van der Waals surface area contributed by atoms with Crippen LogP contribution in [-0.2, 0) is 14.8 Å². The third kappa shape index (κ3) is 3.05. The van der Waals surface area contributed by atoms with Gasteiger partial charge in [0.2, 0.25) is 10.0 Å². The lowest BCUT2D eigenvalue weighted by molar-refractivity contribution is -0.120. The Kier molecular flexibility index (Phi) is 4.20. The third-order valence-electron chi connectivity index (χ3n) is 3.12. The number of carbonyl (C=O) groups is 1. The van der Waals surface area contributed by atoms with Gasteiger partial charge in [-0.2, -0.15) is 0 Å². The lowest BCUT2D eigenvalue weighted by Crippen LogP contribution is -2.31. The van der Waals surface area contributed by atoms with Crippen molar-refractivity contribution in [3.63, 3.8) is 0 Å². The van der Waals surface area contributed by atoms with Gasteiger partial charge < -0.3 is 0 Å². The lowest BCUT2D eigenvalue weighted by Gasteiger charge is -2.10. The van der Waals surface area contributed by atoms with Crippen LogP contribution >= 0.6 is 0 Å². The Balaban J connectivity index is 2.35. The average molecular weight is 291 g/mol. The van der Waals surface area contributed by atoms with Crippen molar-refractivity contribution in [2.24, 2.45) is 5.92 Å². The molecule has 0 saturated carbocycles.